The highest BCUT2D eigenvalue weighted by Crippen LogP contribution is 2.30. The fourth-order valence-electron chi connectivity index (χ4n) is 1.47. The van der Waals surface area contributed by atoms with Crippen LogP contribution in [0.15, 0.2) is 24.3 Å². The fraction of sp³-hybridized carbons (Fsp3) is 0.167. The molecule has 0 fully saturated rings. The third-order valence-corrected chi connectivity index (χ3v) is 3.29. The summed E-state index contributed by atoms with van der Waals surface area (Å²) < 4.78 is 0. The van der Waals surface area contributed by atoms with Crippen molar-refractivity contribution in [2.45, 2.75) is 13.3 Å². The van der Waals surface area contributed by atoms with E-state index >= 15 is 0 Å². The van der Waals surface area contributed by atoms with E-state index in [4.69, 9.17) is 11.0 Å². The summed E-state index contributed by atoms with van der Waals surface area (Å²) in [6, 6.07) is 9.46. The zero-order valence-corrected chi connectivity index (χ0v) is 9.71. The highest BCUT2D eigenvalue weighted by atomic mass is 32.1. The molecule has 16 heavy (non-hydrogen) atoms. The number of rotatable bonds is 2. The summed E-state index contributed by atoms with van der Waals surface area (Å²) in [5, 5.41) is 10.6. The molecule has 0 spiro atoms. The molecule has 1 aromatic carbocycles. The van der Waals surface area contributed by atoms with Gasteiger partial charge in [0.2, 0.25) is 0 Å². The lowest BCUT2D eigenvalue weighted by atomic mass is 10.1. The van der Waals surface area contributed by atoms with E-state index in [-0.39, 0.29) is 0 Å². The van der Waals surface area contributed by atoms with Crippen molar-refractivity contribution in [1.82, 2.24) is 4.98 Å². The first-order valence-corrected chi connectivity index (χ1v) is 5.82. The molecule has 0 amide bonds. The van der Waals surface area contributed by atoms with Crippen LogP contribution in [0.5, 0.6) is 0 Å². The van der Waals surface area contributed by atoms with Gasteiger partial charge in [0.05, 0.1) is 16.6 Å². The van der Waals surface area contributed by atoms with Gasteiger partial charge in [0.1, 0.15) is 10.7 Å². The minimum Gasteiger partial charge on any atom is -0.389 e. The molecule has 4 heteroatoms. The Bertz CT molecular complexity index is 552. The quantitative estimate of drug-likeness (QED) is 0.861. The van der Waals surface area contributed by atoms with Gasteiger partial charge in [0.15, 0.2) is 0 Å². The monoisotopic (exact) mass is 229 g/mol. The number of hydrogen-bond acceptors (Lipinski definition) is 4. The van der Waals surface area contributed by atoms with Crippen molar-refractivity contribution in [1.29, 1.82) is 5.26 Å². The van der Waals surface area contributed by atoms with Crippen molar-refractivity contribution < 1.29 is 0 Å². The lowest BCUT2D eigenvalue weighted by Gasteiger charge is -1.98. The van der Waals surface area contributed by atoms with Crippen LogP contribution in [-0.4, -0.2) is 4.98 Å². The lowest BCUT2D eigenvalue weighted by molar-refractivity contribution is 1.10. The van der Waals surface area contributed by atoms with E-state index in [0.29, 0.717) is 10.6 Å². The average molecular weight is 229 g/mol. The molecule has 80 valence electrons. The third kappa shape index (κ3) is 1.90. The van der Waals surface area contributed by atoms with Crippen molar-refractivity contribution in [3.8, 4) is 17.3 Å². The SMILES string of the molecule is CCc1nc(-c2cccc(C#N)c2)c(N)s1. The summed E-state index contributed by atoms with van der Waals surface area (Å²) in [5.74, 6) is 0. The molecular weight excluding hydrogens is 218 g/mol. The number of thiazole rings is 1. The van der Waals surface area contributed by atoms with Crippen molar-refractivity contribution in [3.63, 3.8) is 0 Å². The number of nitriles is 1. The van der Waals surface area contributed by atoms with Crippen molar-refractivity contribution in [2.24, 2.45) is 0 Å². The Morgan fingerprint density at radius 1 is 1.50 bits per heavy atom. The van der Waals surface area contributed by atoms with Crippen LogP contribution in [0.1, 0.15) is 17.5 Å². The molecule has 2 aromatic rings. The van der Waals surface area contributed by atoms with Crippen LogP contribution in [0.2, 0.25) is 0 Å². The van der Waals surface area contributed by atoms with Gasteiger partial charge in [-0.25, -0.2) is 4.98 Å². The fourth-order valence-corrected chi connectivity index (χ4v) is 2.27. The molecular formula is C12H11N3S. The second-order valence-electron chi connectivity index (χ2n) is 3.37. The molecule has 3 nitrogen and oxygen atoms in total. The van der Waals surface area contributed by atoms with Crippen LogP contribution in [0, 0.1) is 11.3 Å². The normalized spacial score (nSPS) is 10.0. The van der Waals surface area contributed by atoms with Gasteiger partial charge in [-0.3, -0.25) is 0 Å². The molecule has 0 atom stereocenters. The summed E-state index contributed by atoms with van der Waals surface area (Å²) in [4.78, 5) is 4.46. The van der Waals surface area contributed by atoms with E-state index < -0.39 is 0 Å². The van der Waals surface area contributed by atoms with Crippen molar-refractivity contribution in [2.75, 3.05) is 5.73 Å². The number of anilines is 1. The van der Waals surface area contributed by atoms with Gasteiger partial charge in [-0.2, -0.15) is 5.26 Å². The van der Waals surface area contributed by atoms with Gasteiger partial charge in [0.25, 0.3) is 0 Å². The van der Waals surface area contributed by atoms with Crippen LogP contribution < -0.4 is 5.73 Å². The van der Waals surface area contributed by atoms with E-state index in [2.05, 4.69) is 11.1 Å². The predicted octanol–water partition coefficient (Wildman–Crippen LogP) is 2.83. The van der Waals surface area contributed by atoms with Gasteiger partial charge in [0, 0.05) is 5.56 Å². The van der Waals surface area contributed by atoms with Crippen molar-refractivity contribution in [3.05, 3.63) is 34.8 Å². The molecule has 1 aromatic heterocycles. The molecule has 0 bridgehead atoms. The van der Waals surface area contributed by atoms with Crippen LogP contribution >= 0.6 is 11.3 Å². The second kappa shape index (κ2) is 4.33. The summed E-state index contributed by atoms with van der Waals surface area (Å²) in [7, 11) is 0. The first-order chi connectivity index (χ1) is 7.74. The minimum absolute atomic E-state index is 0.628. The topological polar surface area (TPSA) is 62.7 Å². The second-order valence-corrected chi connectivity index (χ2v) is 4.48. The van der Waals surface area contributed by atoms with Crippen LogP contribution in [-0.2, 0) is 6.42 Å². The molecule has 0 aliphatic carbocycles. The summed E-state index contributed by atoms with van der Waals surface area (Å²) >= 11 is 1.51. The van der Waals surface area contributed by atoms with E-state index in [9.17, 15) is 0 Å². The molecule has 0 radical (unpaired) electrons. The molecule has 1 heterocycles. The molecule has 0 saturated carbocycles. The van der Waals surface area contributed by atoms with E-state index in [0.717, 1.165) is 22.7 Å². The van der Waals surface area contributed by atoms with Crippen LogP contribution in [0.3, 0.4) is 0 Å². The first kappa shape index (κ1) is 10.7. The van der Waals surface area contributed by atoms with E-state index in [1.165, 1.54) is 11.3 Å². The van der Waals surface area contributed by atoms with Crippen molar-refractivity contribution >= 4 is 16.3 Å². The average Bonchev–Trinajstić information content (AvgIpc) is 2.71. The standard InChI is InChI=1S/C12H11N3S/c1-2-10-15-11(12(14)16-10)9-5-3-4-8(6-9)7-13/h3-6H,2,14H2,1H3. The van der Waals surface area contributed by atoms with Crippen LogP contribution in [0.25, 0.3) is 11.3 Å². The van der Waals surface area contributed by atoms with E-state index in [1.807, 2.05) is 25.1 Å². The number of aromatic nitrogens is 1. The lowest BCUT2D eigenvalue weighted by Crippen LogP contribution is -1.87. The molecule has 0 aliphatic heterocycles. The van der Waals surface area contributed by atoms with Crippen LogP contribution in [0.4, 0.5) is 5.00 Å². The Morgan fingerprint density at radius 3 is 2.94 bits per heavy atom. The number of benzene rings is 1. The number of nitrogens with two attached hydrogens (primary N) is 1. The Hall–Kier alpha value is -1.86. The molecule has 0 saturated heterocycles. The highest BCUT2D eigenvalue weighted by molar-refractivity contribution is 7.16. The number of nitrogen functional groups attached to an aromatic ring is 1. The highest BCUT2D eigenvalue weighted by Gasteiger charge is 2.09. The third-order valence-electron chi connectivity index (χ3n) is 2.27. The predicted molar refractivity (Wildman–Crippen MR) is 66.1 cm³/mol. The number of nitrogens with zero attached hydrogens (tertiary/aromatic N) is 2. The van der Waals surface area contributed by atoms with Gasteiger partial charge < -0.3 is 5.73 Å². The summed E-state index contributed by atoms with van der Waals surface area (Å²) in [6.45, 7) is 2.05. The summed E-state index contributed by atoms with van der Waals surface area (Å²) in [5.41, 5.74) is 8.24. The Balaban J connectivity index is 2.50. The zero-order valence-electron chi connectivity index (χ0n) is 8.90. The number of aryl methyl sites for hydroxylation is 1. The maximum absolute atomic E-state index is 8.83. The largest absolute Gasteiger partial charge is 0.389 e. The molecule has 2 rings (SSSR count). The smallest absolute Gasteiger partial charge is 0.114 e. The summed E-state index contributed by atoms with van der Waals surface area (Å²) in [6.07, 6.45) is 0.882. The molecule has 0 unspecified atom stereocenters. The zero-order chi connectivity index (χ0) is 11.5. The Kier molecular flexibility index (Phi) is 2.88. The van der Waals surface area contributed by atoms with Gasteiger partial charge in [-0.1, -0.05) is 19.1 Å². The minimum atomic E-state index is 0.628. The maximum atomic E-state index is 8.83. The Morgan fingerprint density at radius 2 is 2.31 bits per heavy atom. The molecule has 0 aliphatic rings. The first-order valence-electron chi connectivity index (χ1n) is 5.00. The maximum Gasteiger partial charge on any atom is 0.114 e. The van der Waals surface area contributed by atoms with Gasteiger partial charge in [-0.15, -0.1) is 11.3 Å². The molecule has 2 N–H and O–H groups in total. The number of hydrogen-bond donors (Lipinski definition) is 1. The Labute approximate surface area is 98.2 Å². The van der Waals surface area contributed by atoms with Gasteiger partial charge in [-0.05, 0) is 18.6 Å². The van der Waals surface area contributed by atoms with Gasteiger partial charge >= 0.3 is 0 Å². The van der Waals surface area contributed by atoms with E-state index in [1.54, 1.807) is 6.07 Å².